The summed E-state index contributed by atoms with van der Waals surface area (Å²) in [4.78, 5) is 13.8. The fraction of sp³-hybridized carbons (Fsp3) is 0.0909. The van der Waals surface area contributed by atoms with Crippen molar-refractivity contribution in [2.24, 2.45) is 10.3 Å². The summed E-state index contributed by atoms with van der Waals surface area (Å²) in [5.41, 5.74) is 2.93. The first-order chi connectivity index (χ1) is 16.0. The van der Waals surface area contributed by atoms with Crippen LogP contribution in [0.1, 0.15) is 11.1 Å². The molecule has 0 aliphatic rings. The Bertz CT molecular complexity index is 1190. The van der Waals surface area contributed by atoms with Crippen molar-refractivity contribution >= 4 is 38.9 Å². The number of rotatable bonds is 4. The Morgan fingerprint density at radius 2 is 1.35 bits per heavy atom. The number of alkyl halides is 1. The molecule has 2 rings (SSSR count). The van der Waals surface area contributed by atoms with Gasteiger partial charge in [-0.1, -0.05) is 76.2 Å². The maximum Gasteiger partial charge on any atom is 1.00 e. The first-order valence-electron chi connectivity index (χ1n) is 8.48. The van der Waals surface area contributed by atoms with Crippen LogP contribution in [0.5, 0.6) is 0 Å². The van der Waals surface area contributed by atoms with Crippen molar-refractivity contribution in [3.8, 4) is 18.2 Å². The molecule has 0 N–H and O–H groups in total. The van der Waals surface area contributed by atoms with Crippen molar-refractivity contribution in [2.45, 2.75) is 11.9 Å². The molecule has 0 amide bonds. The van der Waals surface area contributed by atoms with Gasteiger partial charge in [0.25, 0.3) is 5.71 Å². The molecule has 0 aliphatic carbocycles. The van der Waals surface area contributed by atoms with Crippen LogP contribution < -0.4 is 29.6 Å². The fourth-order valence-electron chi connectivity index (χ4n) is 1.63. The van der Waals surface area contributed by atoms with Gasteiger partial charge in [-0.05, 0) is 11.1 Å². The number of halogens is 1. The van der Waals surface area contributed by atoms with Crippen molar-refractivity contribution in [2.75, 3.05) is 0 Å². The molecule has 0 bridgehead atoms. The van der Waals surface area contributed by atoms with Crippen LogP contribution >= 0.6 is 15.9 Å². The van der Waals surface area contributed by atoms with Crippen LogP contribution in [0.2, 0.25) is 0 Å². The molecule has 34 heavy (non-hydrogen) atoms. The number of amidine groups is 1. The van der Waals surface area contributed by atoms with Crippen LogP contribution in [-0.4, -0.2) is 11.5 Å². The van der Waals surface area contributed by atoms with Gasteiger partial charge in [-0.25, -0.2) is 15.0 Å². The molecule has 0 unspecified atom stereocenters. The molecule has 2 aromatic carbocycles. The molecule has 0 saturated heterocycles. The Kier molecular flexibility index (Phi) is 19.5. The fourth-order valence-corrected chi connectivity index (χ4v) is 2.00. The third-order valence-corrected chi connectivity index (χ3v) is 3.82. The molecule has 12 heteroatoms. The molecular formula is C22H12BrN8NaO2. The SMILES string of the molecule is [C-]#[N+]/C(C#N)=N/[O-].[C-]#[N+]c1ccc(CBr)cc1.[C-]#[N+]c1ccc(CON=C(C#N)C#N)cc1.[Na+]. The smallest absolute Gasteiger partial charge is 0.691 e. The Hall–Kier alpha value is -4.20. The van der Waals surface area contributed by atoms with E-state index in [4.69, 9.17) is 40.3 Å². The van der Waals surface area contributed by atoms with E-state index in [-0.39, 0.29) is 41.9 Å². The zero-order valence-electron chi connectivity index (χ0n) is 17.8. The van der Waals surface area contributed by atoms with Crippen molar-refractivity contribution in [3.63, 3.8) is 0 Å². The van der Waals surface area contributed by atoms with Crippen molar-refractivity contribution in [1.82, 2.24) is 0 Å². The van der Waals surface area contributed by atoms with Gasteiger partial charge in [0.1, 0.15) is 24.8 Å². The second-order valence-electron chi connectivity index (χ2n) is 5.27. The number of oxime groups is 1. The minimum Gasteiger partial charge on any atom is -0.691 e. The number of hydrogen-bond donors (Lipinski definition) is 0. The van der Waals surface area contributed by atoms with Gasteiger partial charge in [-0.15, -0.1) is 5.16 Å². The molecule has 0 aliphatic heterocycles. The molecule has 0 heterocycles. The van der Waals surface area contributed by atoms with Crippen LogP contribution in [0.25, 0.3) is 14.5 Å². The van der Waals surface area contributed by atoms with Gasteiger partial charge in [0, 0.05) is 5.33 Å². The van der Waals surface area contributed by atoms with Gasteiger partial charge < -0.3 is 14.9 Å². The summed E-state index contributed by atoms with van der Waals surface area (Å²) in [5, 5.41) is 40.0. The quantitative estimate of drug-likeness (QED) is 0.151. The summed E-state index contributed by atoms with van der Waals surface area (Å²) in [5.74, 6) is -0.653. The van der Waals surface area contributed by atoms with Gasteiger partial charge >= 0.3 is 35.4 Å². The van der Waals surface area contributed by atoms with Crippen LogP contribution in [-0.2, 0) is 16.8 Å². The summed E-state index contributed by atoms with van der Waals surface area (Å²) in [6, 6.07) is 18.7. The molecule has 0 radical (unpaired) electrons. The maximum atomic E-state index is 9.24. The average molecular weight is 523 g/mol. The average Bonchev–Trinajstić information content (AvgIpc) is 2.89. The zero-order valence-corrected chi connectivity index (χ0v) is 21.4. The van der Waals surface area contributed by atoms with E-state index in [2.05, 4.69) is 40.8 Å². The number of benzene rings is 2. The molecule has 0 aromatic heterocycles. The van der Waals surface area contributed by atoms with E-state index < -0.39 is 5.84 Å². The largest absolute Gasteiger partial charge is 1.00 e. The monoisotopic (exact) mass is 522 g/mol. The Morgan fingerprint density at radius 1 is 0.882 bits per heavy atom. The van der Waals surface area contributed by atoms with Gasteiger partial charge in [0.15, 0.2) is 11.4 Å². The van der Waals surface area contributed by atoms with Gasteiger partial charge in [0.05, 0.1) is 13.1 Å². The van der Waals surface area contributed by atoms with E-state index in [1.165, 1.54) is 11.6 Å². The molecule has 160 valence electrons. The molecular weight excluding hydrogens is 511 g/mol. The Labute approximate surface area is 227 Å². The van der Waals surface area contributed by atoms with Gasteiger partial charge in [-0.2, -0.15) is 10.5 Å². The van der Waals surface area contributed by atoms with E-state index >= 15 is 0 Å². The van der Waals surface area contributed by atoms with E-state index in [1.54, 1.807) is 36.4 Å². The summed E-state index contributed by atoms with van der Waals surface area (Å²) >= 11 is 3.33. The van der Waals surface area contributed by atoms with Crippen LogP contribution in [0.4, 0.5) is 11.4 Å². The second kappa shape index (κ2) is 20.7. The standard InChI is InChI=1S/C11H6N4O.C8H6BrN.C3HN3O.Na/c1-14-10-4-2-9(3-5-10)8-16-15-11(6-12)7-13;1-10-8-4-2-7(6-9)3-5-8;1-5-3(2-4)6-7;/h2-5H,8H2;2-5H,6H2;7H;/q;;;+1/p-1/b;;6-3+;. The predicted molar refractivity (Wildman–Crippen MR) is 125 cm³/mol. The van der Waals surface area contributed by atoms with Gasteiger partial charge in [-0.3, -0.25) is 0 Å². The molecule has 0 atom stereocenters. The summed E-state index contributed by atoms with van der Waals surface area (Å²) in [6.07, 6.45) is 0. The van der Waals surface area contributed by atoms with Crippen LogP contribution in [0.3, 0.4) is 0 Å². The normalized spacial score (nSPS) is 8.26. The van der Waals surface area contributed by atoms with E-state index in [1.807, 2.05) is 24.3 Å². The summed E-state index contributed by atoms with van der Waals surface area (Å²) < 4.78 is 0. The second-order valence-corrected chi connectivity index (χ2v) is 5.83. The van der Waals surface area contributed by atoms with Crippen molar-refractivity contribution in [1.29, 1.82) is 15.8 Å². The maximum absolute atomic E-state index is 9.24. The Balaban J connectivity index is 0. The topological polar surface area (TPSA) is 141 Å². The summed E-state index contributed by atoms with van der Waals surface area (Å²) in [7, 11) is 0. The minimum atomic E-state index is -0.653. The molecule has 0 fully saturated rings. The van der Waals surface area contributed by atoms with Crippen molar-refractivity contribution < 1.29 is 34.4 Å². The molecule has 0 saturated carbocycles. The van der Waals surface area contributed by atoms with Crippen LogP contribution in [0, 0.1) is 58.9 Å². The molecule has 2 aromatic rings. The third-order valence-electron chi connectivity index (χ3n) is 3.18. The third kappa shape index (κ3) is 14.0. The van der Waals surface area contributed by atoms with Crippen LogP contribution in [0.15, 0.2) is 58.8 Å². The summed E-state index contributed by atoms with van der Waals surface area (Å²) in [6.45, 7) is 19.6. The van der Waals surface area contributed by atoms with Gasteiger partial charge in [0.2, 0.25) is 0 Å². The first-order valence-corrected chi connectivity index (χ1v) is 9.60. The van der Waals surface area contributed by atoms with Crippen molar-refractivity contribution in [3.05, 3.63) is 99.1 Å². The minimum absolute atomic E-state index is 0. The van der Waals surface area contributed by atoms with E-state index in [0.717, 1.165) is 10.9 Å². The number of nitriles is 3. The Morgan fingerprint density at radius 3 is 1.65 bits per heavy atom. The van der Waals surface area contributed by atoms with E-state index in [0.29, 0.717) is 11.4 Å². The zero-order chi connectivity index (χ0) is 24.9. The molecule has 10 nitrogen and oxygen atoms in total. The predicted octanol–water partition coefficient (Wildman–Crippen LogP) is 2.62. The first kappa shape index (κ1) is 32.0. The van der Waals surface area contributed by atoms with E-state index in [9.17, 15) is 5.21 Å². The molecule has 0 spiro atoms. The number of nitrogens with zero attached hydrogens (tertiary/aromatic N) is 8. The number of hydrogen-bond acceptors (Lipinski definition) is 7.